The standard InChI is InChI=1S/C41H54ClN7O4/c1-9-43-38(52)40(5,29-16-14-25-20-26(29)21-25)48-37(51)39(4,23-53-8)27-15-17-31-32(22-27)46-36(45-31)41(6,47-35(50)33-18-19-44-49(33)7)34(24(2)3)28-12-10-11-13-30(28)42/h10-13,15,17-19,22,24-26,29,34H,9,14,16,20-21,23H2,1-8H3,(H,43,52)(H,45,46)(H,47,50)(H,48,51)/t25?,26?,29?,34-,39?,40-,41+/m0/s1. The van der Waals surface area contributed by atoms with Crippen LogP contribution in [0.5, 0.6) is 0 Å². The van der Waals surface area contributed by atoms with Gasteiger partial charge < -0.3 is 25.7 Å². The normalized spacial score (nSPS) is 22.2. The van der Waals surface area contributed by atoms with E-state index in [4.69, 9.17) is 21.3 Å². The first kappa shape index (κ1) is 38.5. The molecule has 0 aliphatic heterocycles. The Morgan fingerprint density at radius 3 is 2.38 bits per heavy atom. The van der Waals surface area contributed by atoms with Gasteiger partial charge in [0.05, 0.1) is 23.1 Å². The summed E-state index contributed by atoms with van der Waals surface area (Å²) in [6.45, 7) is 12.4. The van der Waals surface area contributed by atoms with Gasteiger partial charge in [0.2, 0.25) is 11.8 Å². The molecule has 3 aliphatic carbocycles. The smallest absolute Gasteiger partial charge is 0.270 e. The highest BCUT2D eigenvalue weighted by Crippen LogP contribution is 2.52. The lowest BCUT2D eigenvalue weighted by Gasteiger charge is -2.53. The van der Waals surface area contributed by atoms with Gasteiger partial charge in [-0.25, -0.2) is 4.98 Å². The molecule has 284 valence electrons. The maximum absolute atomic E-state index is 14.6. The summed E-state index contributed by atoms with van der Waals surface area (Å²) in [5, 5.41) is 14.4. The van der Waals surface area contributed by atoms with Crippen molar-refractivity contribution in [3.05, 3.63) is 82.4 Å². The number of carbonyl (C=O) groups is 3. The summed E-state index contributed by atoms with van der Waals surface area (Å²) >= 11 is 6.84. The number of carbonyl (C=O) groups excluding carboxylic acids is 3. The van der Waals surface area contributed by atoms with E-state index in [9.17, 15) is 14.4 Å². The second-order valence-corrected chi connectivity index (χ2v) is 16.5. The van der Waals surface area contributed by atoms with Crippen LogP contribution in [-0.4, -0.2) is 63.3 Å². The molecule has 2 aromatic carbocycles. The molecule has 2 bridgehead atoms. The molecule has 11 nitrogen and oxygen atoms in total. The van der Waals surface area contributed by atoms with E-state index in [2.05, 4.69) is 39.9 Å². The number of likely N-dealkylation sites (N-methyl/N-ethyl adjacent to an activating group) is 1. The summed E-state index contributed by atoms with van der Waals surface area (Å²) in [5.41, 5.74) is 0.0698. The third kappa shape index (κ3) is 6.98. The van der Waals surface area contributed by atoms with Gasteiger partial charge in [0.15, 0.2) is 0 Å². The van der Waals surface area contributed by atoms with Crippen LogP contribution in [0.25, 0.3) is 11.0 Å². The maximum atomic E-state index is 14.6. The molecule has 3 amide bonds. The van der Waals surface area contributed by atoms with Crippen molar-refractivity contribution in [3.8, 4) is 0 Å². The van der Waals surface area contributed by atoms with Crippen molar-refractivity contribution in [2.24, 2.45) is 30.7 Å². The topological polar surface area (TPSA) is 143 Å². The Balaban J connectivity index is 1.40. The molecular weight excluding hydrogens is 690 g/mol. The highest BCUT2D eigenvalue weighted by molar-refractivity contribution is 6.31. The molecular formula is C41H54ClN7O4. The molecule has 2 aromatic heterocycles. The predicted octanol–water partition coefficient (Wildman–Crippen LogP) is 6.39. The SMILES string of the molecule is CCNC(=O)[C@@](C)(NC(=O)C(C)(COC)c1ccc2nc([C@](C)(NC(=O)c3ccnn3C)[C@H](c3ccccc3Cl)C(C)C)[nH]c2c1)C1CCC2CC1C2. The molecule has 4 N–H and O–H groups in total. The number of ether oxygens (including phenoxy) is 1. The number of benzene rings is 2. The number of H-pyrrole nitrogens is 1. The number of nitrogens with zero attached hydrogens (tertiary/aromatic N) is 3. The van der Waals surface area contributed by atoms with Crippen LogP contribution in [-0.2, 0) is 32.3 Å². The van der Waals surface area contributed by atoms with Gasteiger partial charge in [0, 0.05) is 37.8 Å². The Labute approximate surface area is 317 Å². The molecule has 3 saturated carbocycles. The monoisotopic (exact) mass is 743 g/mol. The number of aromatic nitrogens is 4. The number of hydrogen-bond donors (Lipinski definition) is 4. The van der Waals surface area contributed by atoms with Crippen molar-refractivity contribution in [3.63, 3.8) is 0 Å². The quantitative estimate of drug-likeness (QED) is 0.118. The summed E-state index contributed by atoms with van der Waals surface area (Å²) in [6.07, 6.45) is 5.80. The molecule has 2 heterocycles. The molecule has 0 radical (unpaired) electrons. The van der Waals surface area contributed by atoms with Gasteiger partial charge in [-0.15, -0.1) is 0 Å². The van der Waals surface area contributed by atoms with Gasteiger partial charge >= 0.3 is 0 Å². The van der Waals surface area contributed by atoms with Crippen LogP contribution in [0.2, 0.25) is 5.02 Å². The first-order valence-corrected chi connectivity index (χ1v) is 19.2. The van der Waals surface area contributed by atoms with E-state index in [1.165, 1.54) is 4.68 Å². The number of imidazole rings is 1. The first-order chi connectivity index (χ1) is 25.2. The average Bonchev–Trinajstić information content (AvgIpc) is 3.75. The van der Waals surface area contributed by atoms with E-state index in [0.717, 1.165) is 37.2 Å². The zero-order valence-corrected chi connectivity index (χ0v) is 32.9. The van der Waals surface area contributed by atoms with Crippen LogP contribution in [0.15, 0.2) is 54.7 Å². The second-order valence-electron chi connectivity index (χ2n) is 16.1. The zero-order valence-electron chi connectivity index (χ0n) is 32.2. The van der Waals surface area contributed by atoms with Crippen molar-refractivity contribution >= 4 is 40.4 Å². The summed E-state index contributed by atoms with van der Waals surface area (Å²) in [7, 11) is 3.31. The third-order valence-corrected chi connectivity index (χ3v) is 12.5. The van der Waals surface area contributed by atoms with Gasteiger partial charge in [-0.05, 0) is 106 Å². The van der Waals surface area contributed by atoms with E-state index >= 15 is 0 Å². The molecule has 0 saturated heterocycles. The lowest BCUT2D eigenvalue weighted by molar-refractivity contribution is -0.142. The van der Waals surface area contributed by atoms with Crippen molar-refractivity contribution < 1.29 is 19.1 Å². The van der Waals surface area contributed by atoms with E-state index in [1.807, 2.05) is 70.2 Å². The molecule has 4 aromatic rings. The van der Waals surface area contributed by atoms with Gasteiger partial charge in [0.25, 0.3) is 5.91 Å². The van der Waals surface area contributed by atoms with Crippen molar-refractivity contribution in [2.75, 3.05) is 20.3 Å². The summed E-state index contributed by atoms with van der Waals surface area (Å²) in [6, 6.07) is 15.1. The first-order valence-electron chi connectivity index (χ1n) is 18.8. The van der Waals surface area contributed by atoms with Gasteiger partial charge in [0.1, 0.15) is 22.6 Å². The highest BCUT2D eigenvalue weighted by Gasteiger charge is 2.53. The van der Waals surface area contributed by atoms with Crippen LogP contribution in [0.1, 0.15) is 101 Å². The number of hydrogen-bond acceptors (Lipinski definition) is 6. The van der Waals surface area contributed by atoms with Crippen LogP contribution in [0.3, 0.4) is 0 Å². The minimum absolute atomic E-state index is 0.0263. The molecule has 7 rings (SSSR count). The minimum Gasteiger partial charge on any atom is -0.383 e. The number of fused-ring (bicyclic) bond motifs is 3. The predicted molar refractivity (Wildman–Crippen MR) is 207 cm³/mol. The molecule has 53 heavy (non-hydrogen) atoms. The van der Waals surface area contributed by atoms with E-state index in [-0.39, 0.29) is 42.1 Å². The second kappa shape index (κ2) is 14.9. The van der Waals surface area contributed by atoms with E-state index in [0.29, 0.717) is 45.6 Å². The van der Waals surface area contributed by atoms with Crippen molar-refractivity contribution in [2.45, 2.75) is 89.6 Å². The molecule has 2 unspecified atom stereocenters. The van der Waals surface area contributed by atoms with Crippen LogP contribution < -0.4 is 16.0 Å². The van der Waals surface area contributed by atoms with Crippen LogP contribution >= 0.6 is 11.6 Å². The number of amides is 3. The zero-order chi connectivity index (χ0) is 38.3. The Kier molecular flexibility index (Phi) is 10.8. The molecule has 3 fully saturated rings. The molecule has 5 atom stereocenters. The maximum Gasteiger partial charge on any atom is 0.270 e. The Hall–Kier alpha value is -4.22. The molecule has 0 spiro atoms. The van der Waals surface area contributed by atoms with Gasteiger partial charge in [-0.2, -0.15) is 5.10 Å². The summed E-state index contributed by atoms with van der Waals surface area (Å²) in [4.78, 5) is 50.9. The number of nitrogens with one attached hydrogen (secondary N) is 4. The fourth-order valence-electron chi connectivity index (χ4n) is 9.21. The van der Waals surface area contributed by atoms with Crippen molar-refractivity contribution in [1.82, 2.24) is 35.7 Å². The van der Waals surface area contributed by atoms with Crippen LogP contribution in [0, 0.1) is 23.7 Å². The number of rotatable bonds is 14. The summed E-state index contributed by atoms with van der Waals surface area (Å²) in [5.74, 6) is 0.748. The Morgan fingerprint density at radius 2 is 1.77 bits per heavy atom. The lowest BCUT2D eigenvalue weighted by Crippen LogP contribution is -2.67. The van der Waals surface area contributed by atoms with E-state index in [1.54, 1.807) is 26.4 Å². The Bertz CT molecular complexity index is 1980. The van der Waals surface area contributed by atoms with Crippen molar-refractivity contribution in [1.29, 1.82) is 0 Å². The largest absolute Gasteiger partial charge is 0.383 e. The number of aromatic amines is 1. The fraction of sp³-hybridized carbons (Fsp3) is 0.537. The molecule has 12 heteroatoms. The number of aryl methyl sites for hydroxylation is 1. The number of halogens is 1. The van der Waals surface area contributed by atoms with Gasteiger partial charge in [-0.1, -0.05) is 56.1 Å². The van der Waals surface area contributed by atoms with E-state index < -0.39 is 16.5 Å². The van der Waals surface area contributed by atoms with Gasteiger partial charge in [-0.3, -0.25) is 19.1 Å². The third-order valence-electron chi connectivity index (χ3n) is 12.2. The number of methoxy groups -OCH3 is 1. The lowest BCUT2D eigenvalue weighted by atomic mass is 9.55. The van der Waals surface area contributed by atoms with Crippen LogP contribution in [0.4, 0.5) is 0 Å². The Morgan fingerprint density at radius 1 is 1.04 bits per heavy atom. The highest BCUT2D eigenvalue weighted by atomic mass is 35.5. The summed E-state index contributed by atoms with van der Waals surface area (Å²) < 4.78 is 7.24. The fourth-order valence-corrected chi connectivity index (χ4v) is 9.46. The minimum atomic E-state index is -1.14. The average molecular weight is 744 g/mol. The molecule has 3 aliphatic rings.